The van der Waals surface area contributed by atoms with Crippen molar-refractivity contribution in [3.8, 4) is 0 Å². The van der Waals surface area contributed by atoms with Gasteiger partial charge in [0.25, 0.3) is 0 Å². The van der Waals surface area contributed by atoms with Gasteiger partial charge in [0.2, 0.25) is 0 Å². The molecule has 0 fully saturated rings. The first-order chi connectivity index (χ1) is 5.59. The molecule has 0 spiro atoms. The molecule has 0 saturated carbocycles. The summed E-state index contributed by atoms with van der Waals surface area (Å²) in [5, 5.41) is 0.0623. The van der Waals surface area contributed by atoms with Crippen molar-refractivity contribution in [2.75, 3.05) is 5.73 Å². The molecule has 0 heterocycles. The Labute approximate surface area is 76.2 Å². The second-order valence-electron chi connectivity index (χ2n) is 2.63. The number of nitrogen functional groups attached to an aromatic ring is 1. The van der Waals surface area contributed by atoms with Gasteiger partial charge in [0.15, 0.2) is 5.12 Å². The zero-order valence-electron chi connectivity index (χ0n) is 7.13. The monoisotopic (exact) mass is 181 g/mol. The van der Waals surface area contributed by atoms with E-state index in [0.29, 0.717) is 5.69 Å². The van der Waals surface area contributed by atoms with Gasteiger partial charge in [0.1, 0.15) is 0 Å². The molecule has 0 saturated heterocycles. The summed E-state index contributed by atoms with van der Waals surface area (Å²) in [6.07, 6.45) is 0. The maximum absolute atomic E-state index is 10.8. The summed E-state index contributed by atoms with van der Waals surface area (Å²) in [5.74, 6) is 0. The number of aryl methyl sites for hydroxylation is 1. The molecule has 0 aliphatic heterocycles. The zero-order chi connectivity index (χ0) is 9.14. The third kappa shape index (κ3) is 2.27. The van der Waals surface area contributed by atoms with Crippen molar-refractivity contribution in [2.45, 2.75) is 18.7 Å². The van der Waals surface area contributed by atoms with E-state index in [1.54, 1.807) is 0 Å². The van der Waals surface area contributed by atoms with Crippen LogP contribution in [0.2, 0.25) is 0 Å². The van der Waals surface area contributed by atoms with Crippen molar-refractivity contribution < 1.29 is 4.79 Å². The minimum Gasteiger partial charge on any atom is -0.398 e. The Morgan fingerprint density at radius 2 is 2.17 bits per heavy atom. The number of nitrogens with two attached hydrogens (primary N) is 1. The highest BCUT2D eigenvalue weighted by Gasteiger charge is 2.02. The first kappa shape index (κ1) is 9.13. The lowest BCUT2D eigenvalue weighted by molar-refractivity contribution is -0.109. The molecule has 0 aromatic heterocycles. The van der Waals surface area contributed by atoms with Gasteiger partial charge in [-0.3, -0.25) is 4.79 Å². The van der Waals surface area contributed by atoms with Crippen molar-refractivity contribution in [3.05, 3.63) is 23.8 Å². The van der Waals surface area contributed by atoms with E-state index in [-0.39, 0.29) is 5.12 Å². The third-order valence-electron chi connectivity index (χ3n) is 1.42. The Morgan fingerprint density at radius 1 is 1.50 bits per heavy atom. The predicted octanol–water partition coefficient (Wildman–Crippen LogP) is 2.22. The normalized spacial score (nSPS) is 9.83. The summed E-state index contributed by atoms with van der Waals surface area (Å²) >= 11 is 1.18. The smallest absolute Gasteiger partial charge is 0.190 e. The number of carbonyl (C=O) groups is 1. The molecule has 2 nitrogen and oxygen atoms in total. The van der Waals surface area contributed by atoms with Gasteiger partial charge in [-0.15, -0.1) is 0 Å². The summed E-state index contributed by atoms with van der Waals surface area (Å²) in [6, 6.07) is 5.67. The molecule has 2 N–H and O–H groups in total. The van der Waals surface area contributed by atoms with Crippen molar-refractivity contribution in [3.63, 3.8) is 0 Å². The van der Waals surface area contributed by atoms with E-state index in [1.807, 2.05) is 25.1 Å². The average molecular weight is 181 g/mol. The Balaban J connectivity index is 2.97. The van der Waals surface area contributed by atoms with Crippen LogP contribution in [-0.4, -0.2) is 5.12 Å². The Hall–Kier alpha value is -0.960. The van der Waals surface area contributed by atoms with E-state index < -0.39 is 0 Å². The van der Waals surface area contributed by atoms with Crippen molar-refractivity contribution >= 4 is 22.6 Å². The minimum atomic E-state index is 0.0623. The SMILES string of the molecule is CC(=O)Sc1cc(C)ccc1N. The van der Waals surface area contributed by atoms with Crippen LogP contribution in [0.5, 0.6) is 0 Å². The molecule has 0 unspecified atom stereocenters. The van der Waals surface area contributed by atoms with Gasteiger partial charge in [-0.1, -0.05) is 17.8 Å². The lowest BCUT2D eigenvalue weighted by atomic mass is 10.2. The molecule has 0 aliphatic carbocycles. The number of thioether (sulfide) groups is 1. The van der Waals surface area contributed by atoms with E-state index in [1.165, 1.54) is 18.7 Å². The molecule has 64 valence electrons. The molecule has 0 atom stereocenters. The lowest BCUT2D eigenvalue weighted by Gasteiger charge is -2.02. The maximum atomic E-state index is 10.8. The van der Waals surface area contributed by atoms with Crippen LogP contribution in [0.25, 0.3) is 0 Å². The Kier molecular flexibility index (Phi) is 2.76. The van der Waals surface area contributed by atoms with Crippen LogP contribution in [0, 0.1) is 6.92 Å². The topological polar surface area (TPSA) is 43.1 Å². The van der Waals surface area contributed by atoms with Gasteiger partial charge < -0.3 is 5.73 Å². The van der Waals surface area contributed by atoms with Crippen LogP contribution in [0.15, 0.2) is 23.1 Å². The minimum absolute atomic E-state index is 0.0623. The summed E-state index contributed by atoms with van der Waals surface area (Å²) in [4.78, 5) is 11.6. The van der Waals surface area contributed by atoms with Gasteiger partial charge >= 0.3 is 0 Å². The Morgan fingerprint density at radius 3 is 2.75 bits per heavy atom. The molecule has 0 bridgehead atoms. The Bertz CT molecular complexity index is 309. The number of hydrogen-bond acceptors (Lipinski definition) is 3. The molecular weight excluding hydrogens is 170 g/mol. The third-order valence-corrected chi connectivity index (χ3v) is 2.28. The van der Waals surface area contributed by atoms with Crippen LogP contribution in [0.3, 0.4) is 0 Å². The highest BCUT2D eigenvalue weighted by atomic mass is 32.2. The van der Waals surface area contributed by atoms with Crippen LogP contribution >= 0.6 is 11.8 Å². The summed E-state index contributed by atoms with van der Waals surface area (Å²) < 4.78 is 0. The molecule has 1 rings (SSSR count). The second-order valence-corrected chi connectivity index (χ2v) is 3.85. The zero-order valence-corrected chi connectivity index (χ0v) is 7.94. The fraction of sp³-hybridized carbons (Fsp3) is 0.222. The van der Waals surface area contributed by atoms with Crippen LogP contribution in [-0.2, 0) is 4.79 Å². The van der Waals surface area contributed by atoms with Gasteiger partial charge in [-0.25, -0.2) is 0 Å². The molecule has 0 amide bonds. The van der Waals surface area contributed by atoms with E-state index in [4.69, 9.17) is 5.73 Å². The largest absolute Gasteiger partial charge is 0.398 e. The molecule has 0 aliphatic rings. The fourth-order valence-corrected chi connectivity index (χ4v) is 1.63. The first-order valence-corrected chi connectivity index (χ1v) is 4.46. The molecule has 1 aromatic carbocycles. The van der Waals surface area contributed by atoms with Crippen molar-refractivity contribution in [2.24, 2.45) is 0 Å². The highest BCUT2D eigenvalue weighted by Crippen LogP contribution is 2.26. The van der Waals surface area contributed by atoms with E-state index in [9.17, 15) is 4.79 Å². The number of hydrogen-bond donors (Lipinski definition) is 1. The summed E-state index contributed by atoms with van der Waals surface area (Å²) in [5.41, 5.74) is 7.45. The van der Waals surface area contributed by atoms with E-state index >= 15 is 0 Å². The summed E-state index contributed by atoms with van der Waals surface area (Å²) in [6.45, 7) is 3.51. The molecule has 0 radical (unpaired) electrons. The second kappa shape index (κ2) is 3.63. The van der Waals surface area contributed by atoms with Crippen molar-refractivity contribution in [1.82, 2.24) is 0 Å². The number of carbonyl (C=O) groups excluding carboxylic acids is 1. The number of rotatable bonds is 1. The fourth-order valence-electron chi connectivity index (χ4n) is 0.885. The molecule has 1 aromatic rings. The summed E-state index contributed by atoms with van der Waals surface area (Å²) in [7, 11) is 0. The van der Waals surface area contributed by atoms with E-state index in [0.717, 1.165) is 10.5 Å². The standard InChI is InChI=1S/C9H11NOS/c1-6-3-4-8(10)9(5-6)12-7(2)11/h3-5H,10H2,1-2H3. The van der Waals surface area contributed by atoms with Gasteiger partial charge in [0.05, 0.1) is 0 Å². The van der Waals surface area contributed by atoms with E-state index in [2.05, 4.69) is 0 Å². The number of benzene rings is 1. The molecule has 12 heavy (non-hydrogen) atoms. The van der Waals surface area contributed by atoms with Crippen LogP contribution < -0.4 is 5.73 Å². The molecular formula is C9H11NOS. The lowest BCUT2D eigenvalue weighted by Crippen LogP contribution is -1.91. The van der Waals surface area contributed by atoms with Gasteiger partial charge in [-0.2, -0.15) is 0 Å². The number of anilines is 1. The maximum Gasteiger partial charge on any atom is 0.190 e. The average Bonchev–Trinajstić information content (AvgIpc) is 1.96. The first-order valence-electron chi connectivity index (χ1n) is 3.64. The molecule has 3 heteroatoms. The highest BCUT2D eigenvalue weighted by molar-refractivity contribution is 8.13. The van der Waals surface area contributed by atoms with Crippen molar-refractivity contribution in [1.29, 1.82) is 0 Å². The van der Waals surface area contributed by atoms with Crippen LogP contribution in [0.1, 0.15) is 12.5 Å². The predicted molar refractivity (Wildman–Crippen MR) is 52.1 cm³/mol. The van der Waals surface area contributed by atoms with Crippen LogP contribution in [0.4, 0.5) is 5.69 Å². The van der Waals surface area contributed by atoms with Gasteiger partial charge in [0, 0.05) is 17.5 Å². The quantitative estimate of drug-likeness (QED) is 0.533. The van der Waals surface area contributed by atoms with Gasteiger partial charge in [-0.05, 0) is 24.6 Å².